The zero-order valence-electron chi connectivity index (χ0n) is 15.4. The summed E-state index contributed by atoms with van der Waals surface area (Å²) in [5.41, 5.74) is -1.02. The monoisotopic (exact) mass is 322 g/mol. The molecule has 0 unspecified atom stereocenters. The van der Waals surface area contributed by atoms with Crippen molar-refractivity contribution < 1.29 is 19.4 Å². The molecular weight excluding hydrogens is 292 g/mol. The van der Waals surface area contributed by atoms with Crippen LogP contribution >= 0.6 is 0 Å². The zero-order chi connectivity index (χ0) is 18.1. The van der Waals surface area contributed by atoms with Crippen LogP contribution in [0.15, 0.2) is 35.8 Å². The van der Waals surface area contributed by atoms with Crippen molar-refractivity contribution in [1.29, 1.82) is 0 Å². The van der Waals surface area contributed by atoms with Crippen LogP contribution < -0.4 is 0 Å². The number of methoxy groups -OCH3 is 1. The predicted molar refractivity (Wildman–Crippen MR) is 92.2 cm³/mol. The average molecular weight is 322 g/mol. The number of carbonyl (C=O) groups excluding carboxylic acids is 1. The van der Waals surface area contributed by atoms with Crippen LogP contribution in [-0.2, 0) is 14.3 Å². The van der Waals surface area contributed by atoms with Gasteiger partial charge < -0.3 is 14.6 Å². The second kappa shape index (κ2) is 6.52. The van der Waals surface area contributed by atoms with Gasteiger partial charge in [-0.05, 0) is 58.6 Å². The average Bonchev–Trinajstić information content (AvgIpc) is 2.41. The highest BCUT2D eigenvalue weighted by Gasteiger charge is 2.41. The molecule has 1 aliphatic rings. The number of hydrogen-bond acceptors (Lipinski definition) is 4. The Balaban J connectivity index is 2.88. The normalized spacial score (nSPS) is 22.2. The van der Waals surface area contributed by atoms with Crippen LogP contribution in [0.1, 0.15) is 54.4 Å². The molecule has 1 rings (SSSR count). The van der Waals surface area contributed by atoms with Crippen LogP contribution in [0.4, 0.5) is 0 Å². The number of hydrogen-bond donors (Lipinski definition) is 1. The van der Waals surface area contributed by atoms with E-state index in [1.807, 2.05) is 27.7 Å². The maximum Gasteiger partial charge on any atom is 0.164 e. The summed E-state index contributed by atoms with van der Waals surface area (Å²) in [4.78, 5) is 12.8. The van der Waals surface area contributed by atoms with E-state index in [9.17, 15) is 9.90 Å². The van der Waals surface area contributed by atoms with E-state index < -0.39 is 11.2 Å². The summed E-state index contributed by atoms with van der Waals surface area (Å²) >= 11 is 0. The van der Waals surface area contributed by atoms with Crippen molar-refractivity contribution in [3.63, 3.8) is 0 Å². The van der Waals surface area contributed by atoms with Crippen molar-refractivity contribution in [3.8, 4) is 0 Å². The molecule has 4 nitrogen and oxygen atoms in total. The van der Waals surface area contributed by atoms with E-state index in [0.29, 0.717) is 18.6 Å². The summed E-state index contributed by atoms with van der Waals surface area (Å²) in [6, 6.07) is 0. The minimum atomic E-state index is -0.961. The molecule has 0 aromatic carbocycles. The number of ether oxygens (including phenoxy) is 2. The number of aliphatic hydroxyl groups is 1. The SMILES string of the molecule is C=C(OC)C(C)(C)OC(C)(C)C(=O)C[C@]1(C)CC=C(O)C=C1C. The van der Waals surface area contributed by atoms with Crippen LogP contribution in [0.3, 0.4) is 0 Å². The van der Waals surface area contributed by atoms with E-state index in [1.165, 1.54) is 7.11 Å². The first-order valence-corrected chi connectivity index (χ1v) is 7.89. The third-order valence-corrected chi connectivity index (χ3v) is 4.73. The number of Topliss-reactive ketones (excluding diaryl/α,β-unsaturated/α-hetero) is 1. The third-order valence-electron chi connectivity index (χ3n) is 4.73. The van der Waals surface area contributed by atoms with Crippen LogP contribution in [0.5, 0.6) is 0 Å². The van der Waals surface area contributed by atoms with Gasteiger partial charge in [0.05, 0.1) is 7.11 Å². The highest BCUT2D eigenvalue weighted by atomic mass is 16.6. The van der Waals surface area contributed by atoms with Crippen molar-refractivity contribution in [2.75, 3.05) is 7.11 Å². The van der Waals surface area contributed by atoms with Gasteiger partial charge in [0.15, 0.2) is 5.78 Å². The molecule has 0 fully saturated rings. The maximum atomic E-state index is 12.8. The molecule has 1 N–H and O–H groups in total. The van der Waals surface area contributed by atoms with Crippen molar-refractivity contribution >= 4 is 5.78 Å². The zero-order valence-corrected chi connectivity index (χ0v) is 15.4. The van der Waals surface area contributed by atoms with E-state index in [4.69, 9.17) is 9.47 Å². The van der Waals surface area contributed by atoms with Crippen molar-refractivity contribution in [2.45, 2.75) is 65.6 Å². The van der Waals surface area contributed by atoms with Crippen LogP contribution in [0, 0.1) is 5.41 Å². The Morgan fingerprint density at radius 2 is 1.91 bits per heavy atom. The quantitative estimate of drug-likeness (QED) is 0.702. The fraction of sp³-hybridized carbons (Fsp3) is 0.632. The maximum absolute atomic E-state index is 12.8. The van der Waals surface area contributed by atoms with Crippen molar-refractivity contribution in [3.05, 3.63) is 35.8 Å². The molecule has 1 aliphatic carbocycles. The number of aliphatic hydroxyl groups excluding tert-OH is 1. The Hall–Kier alpha value is -1.55. The van der Waals surface area contributed by atoms with Gasteiger partial charge >= 0.3 is 0 Å². The molecule has 0 aromatic rings. The molecule has 23 heavy (non-hydrogen) atoms. The number of allylic oxidation sites excluding steroid dienone is 3. The molecule has 1 atom stereocenters. The first-order chi connectivity index (χ1) is 10.3. The Morgan fingerprint density at radius 1 is 1.35 bits per heavy atom. The van der Waals surface area contributed by atoms with Gasteiger partial charge in [-0.3, -0.25) is 4.79 Å². The summed E-state index contributed by atoms with van der Waals surface area (Å²) in [6.07, 6.45) is 4.46. The van der Waals surface area contributed by atoms with Gasteiger partial charge in [-0.15, -0.1) is 0 Å². The molecule has 0 saturated heterocycles. The molecule has 0 bridgehead atoms. The summed E-state index contributed by atoms with van der Waals surface area (Å²) in [5, 5.41) is 9.60. The molecule has 0 aliphatic heterocycles. The van der Waals surface area contributed by atoms with Crippen LogP contribution in [0.2, 0.25) is 0 Å². The summed E-state index contributed by atoms with van der Waals surface area (Å²) in [6.45, 7) is 15.0. The number of carbonyl (C=O) groups is 1. The van der Waals surface area contributed by atoms with Gasteiger partial charge in [0.25, 0.3) is 0 Å². The minimum Gasteiger partial charge on any atom is -0.508 e. The van der Waals surface area contributed by atoms with Crippen LogP contribution in [0.25, 0.3) is 0 Å². The fourth-order valence-electron chi connectivity index (χ4n) is 2.72. The smallest absolute Gasteiger partial charge is 0.164 e. The molecule has 0 spiro atoms. The third kappa shape index (κ3) is 4.47. The highest BCUT2D eigenvalue weighted by molar-refractivity contribution is 5.87. The van der Waals surface area contributed by atoms with Gasteiger partial charge in [-0.2, -0.15) is 0 Å². The summed E-state index contributed by atoms with van der Waals surface area (Å²) < 4.78 is 11.2. The van der Waals surface area contributed by atoms with Gasteiger partial charge in [0, 0.05) is 6.42 Å². The lowest BCUT2D eigenvalue weighted by molar-refractivity contribution is -0.161. The Labute approximate surface area is 139 Å². The van der Waals surface area contributed by atoms with Crippen LogP contribution in [-0.4, -0.2) is 29.2 Å². The largest absolute Gasteiger partial charge is 0.508 e. The molecule has 0 heterocycles. The lowest BCUT2D eigenvalue weighted by Gasteiger charge is -2.38. The van der Waals surface area contributed by atoms with Crippen molar-refractivity contribution in [2.24, 2.45) is 5.41 Å². The highest BCUT2D eigenvalue weighted by Crippen LogP contribution is 2.41. The molecule has 4 heteroatoms. The predicted octanol–water partition coefficient (Wildman–Crippen LogP) is 4.48. The molecule has 0 aromatic heterocycles. The molecule has 130 valence electrons. The number of ketones is 1. The van der Waals surface area contributed by atoms with Gasteiger partial charge in [-0.25, -0.2) is 0 Å². The first-order valence-electron chi connectivity index (χ1n) is 7.89. The van der Waals surface area contributed by atoms with E-state index in [1.54, 1.807) is 26.0 Å². The summed E-state index contributed by atoms with van der Waals surface area (Å²) in [7, 11) is 1.54. The minimum absolute atomic E-state index is 0.0134. The Kier molecular flexibility index (Phi) is 5.53. The molecule has 0 radical (unpaired) electrons. The lowest BCUT2D eigenvalue weighted by atomic mass is 9.71. The van der Waals surface area contributed by atoms with E-state index in [2.05, 4.69) is 6.58 Å². The molecular formula is C19H30O4. The van der Waals surface area contributed by atoms with E-state index >= 15 is 0 Å². The fourth-order valence-corrected chi connectivity index (χ4v) is 2.72. The molecule has 0 amide bonds. The Morgan fingerprint density at radius 3 is 2.39 bits per heavy atom. The van der Waals surface area contributed by atoms with E-state index in [0.717, 1.165) is 5.57 Å². The summed E-state index contributed by atoms with van der Waals surface area (Å²) in [5.74, 6) is 0.756. The number of rotatable bonds is 7. The van der Waals surface area contributed by atoms with E-state index in [-0.39, 0.29) is 17.0 Å². The topological polar surface area (TPSA) is 55.8 Å². The van der Waals surface area contributed by atoms with Gasteiger partial charge in [0.1, 0.15) is 22.7 Å². The molecule has 0 saturated carbocycles. The van der Waals surface area contributed by atoms with Gasteiger partial charge in [0.2, 0.25) is 0 Å². The Bertz CT molecular complexity index is 552. The first kappa shape index (κ1) is 19.5. The second-order valence-corrected chi connectivity index (χ2v) is 7.57. The van der Waals surface area contributed by atoms with Gasteiger partial charge in [-0.1, -0.05) is 19.1 Å². The second-order valence-electron chi connectivity index (χ2n) is 7.57. The van der Waals surface area contributed by atoms with Crippen molar-refractivity contribution in [1.82, 2.24) is 0 Å². The standard InChI is InChI=1S/C19H30O4/c1-13-11-15(20)9-10-19(13,7)12-16(21)18(5,6)23-17(3,4)14(2)22-8/h9,11,20H,2,10,12H2,1,3-8H3/t19-/m0/s1. The lowest BCUT2D eigenvalue weighted by Crippen LogP contribution is -2.45.